The number of hydrogen-bond donors (Lipinski definition) is 2. The fraction of sp³-hybridized carbons (Fsp3) is 0.947. The molecule has 12 heteroatoms. The molecule has 50 heavy (non-hydrogen) atoms. The van der Waals surface area contributed by atoms with Crippen molar-refractivity contribution in [1.29, 1.82) is 0 Å². The summed E-state index contributed by atoms with van der Waals surface area (Å²) < 4.78 is 68.3. The van der Waals surface area contributed by atoms with Crippen LogP contribution < -0.4 is 34.5 Å². The molecular formula is C38H74NaO10P. The number of aliphatic hydroxyl groups is 2. The third kappa shape index (κ3) is 37.7. The topological polar surface area (TPSA) is 152 Å². The first-order valence-corrected chi connectivity index (χ1v) is 20.9. The van der Waals surface area contributed by atoms with Crippen molar-refractivity contribution in [2.75, 3.05) is 26.3 Å². The van der Waals surface area contributed by atoms with Gasteiger partial charge in [-0.15, -0.1) is 0 Å². The maximum Gasteiger partial charge on any atom is 1.00 e. The van der Waals surface area contributed by atoms with Crippen LogP contribution in [0.2, 0.25) is 0 Å². The van der Waals surface area contributed by atoms with E-state index in [0.717, 1.165) is 51.4 Å². The van der Waals surface area contributed by atoms with Gasteiger partial charge in [-0.1, -0.05) is 168 Å². The Morgan fingerprint density at radius 2 is 1.00 bits per heavy atom. The molecule has 0 heterocycles. The maximum absolute atomic E-state index is 12.6. The molecule has 10 nitrogen and oxygen atoms in total. The standard InChI is InChI=1S/C38H75O10P.Na/c1-3-5-7-9-11-13-15-17-19-21-23-25-27-29-37(41)45-33-36(34-47-49(43,44)46-32-35(40)31-39)48-38(42)30-28-26-24-22-20-18-16-14-12-10-8-6-4-2;/h35-36,39-40H,3-34H2,1-2H3,(H,43,44);/q;+1/p-1/i31D2,32D2,35D;. The van der Waals surface area contributed by atoms with Crippen LogP contribution in [0.3, 0.4) is 0 Å². The largest absolute Gasteiger partial charge is 1.00 e. The first kappa shape index (κ1) is 42.7. The Labute approximate surface area is 334 Å². The first-order chi connectivity index (χ1) is 25.5. The van der Waals surface area contributed by atoms with Gasteiger partial charge in [0.2, 0.25) is 0 Å². The predicted molar refractivity (Wildman–Crippen MR) is 194 cm³/mol. The molecule has 0 aliphatic heterocycles. The number of carbonyl (C=O) groups excluding carboxylic acids is 2. The van der Waals surface area contributed by atoms with E-state index in [1.165, 1.54) is 103 Å². The number of esters is 2. The molecule has 0 rings (SSSR count). The molecule has 0 aliphatic carbocycles. The van der Waals surface area contributed by atoms with Gasteiger partial charge in [0, 0.05) is 12.8 Å². The van der Waals surface area contributed by atoms with Gasteiger partial charge < -0.3 is 33.6 Å². The normalized spacial score (nSPS) is 16.4. The Hall–Kier alpha value is -0.0300. The summed E-state index contributed by atoms with van der Waals surface area (Å²) in [6.45, 7) is -4.96. The van der Waals surface area contributed by atoms with Gasteiger partial charge in [-0.3, -0.25) is 14.2 Å². The van der Waals surface area contributed by atoms with Gasteiger partial charge in [0.05, 0.1) is 26.6 Å². The van der Waals surface area contributed by atoms with E-state index < -0.39 is 58.3 Å². The monoisotopic (exact) mass is 750 g/mol. The zero-order valence-corrected chi connectivity index (χ0v) is 34.8. The summed E-state index contributed by atoms with van der Waals surface area (Å²) in [5, 5.41) is 19.1. The number of rotatable bonds is 38. The molecule has 0 bridgehead atoms. The Morgan fingerprint density at radius 3 is 1.38 bits per heavy atom. The van der Waals surface area contributed by atoms with Crippen molar-refractivity contribution in [2.24, 2.45) is 0 Å². The van der Waals surface area contributed by atoms with Crippen LogP contribution in [0.5, 0.6) is 0 Å². The van der Waals surface area contributed by atoms with Crippen LogP contribution in [-0.2, 0) is 32.7 Å². The Morgan fingerprint density at radius 1 is 0.640 bits per heavy atom. The summed E-state index contributed by atoms with van der Waals surface area (Å²) in [5.74, 6) is -1.25. The molecule has 0 spiro atoms. The summed E-state index contributed by atoms with van der Waals surface area (Å²) in [7, 11) is -5.73. The van der Waals surface area contributed by atoms with Crippen molar-refractivity contribution in [3.05, 3.63) is 0 Å². The molecule has 0 amide bonds. The van der Waals surface area contributed by atoms with E-state index in [1.807, 2.05) is 0 Å². The SMILES string of the molecule is [2H]C([2H])(O)C([2H])(O)C([2H])([2H])OP(=O)([O-])OCC(COC(=O)CCCCCCCCCCCCCCC)OC(=O)CCCCCCCCCCCCCCC.[Na+]. The second-order valence-corrected chi connectivity index (χ2v) is 14.5. The van der Waals surface area contributed by atoms with Gasteiger partial charge in [-0.2, -0.15) is 0 Å². The van der Waals surface area contributed by atoms with Crippen LogP contribution in [-0.4, -0.2) is 60.7 Å². The summed E-state index contributed by atoms with van der Waals surface area (Å²) in [5.41, 5.74) is 0. The van der Waals surface area contributed by atoms with Crippen LogP contribution in [0.25, 0.3) is 0 Å². The summed E-state index contributed by atoms with van der Waals surface area (Å²) in [4.78, 5) is 37.5. The quantitative estimate of drug-likeness (QED) is 0.0320. The van der Waals surface area contributed by atoms with Crippen molar-refractivity contribution in [3.8, 4) is 0 Å². The number of phosphoric acid groups is 1. The Kier molecular flexibility index (Phi) is 33.0. The number of phosphoric ester groups is 1. The van der Waals surface area contributed by atoms with Crippen molar-refractivity contribution in [2.45, 2.75) is 206 Å². The van der Waals surface area contributed by atoms with E-state index in [9.17, 15) is 29.3 Å². The minimum absolute atomic E-state index is 0. The molecule has 292 valence electrons. The minimum atomic E-state index is -5.73. The number of hydrogen-bond acceptors (Lipinski definition) is 10. The third-order valence-electron chi connectivity index (χ3n) is 8.48. The molecule has 0 saturated heterocycles. The second kappa shape index (κ2) is 38.7. The molecular weight excluding hydrogens is 670 g/mol. The van der Waals surface area contributed by atoms with Crippen molar-refractivity contribution in [1.82, 2.24) is 0 Å². The zero-order valence-electron chi connectivity index (χ0n) is 36.9. The molecule has 3 unspecified atom stereocenters. The molecule has 0 fully saturated rings. The van der Waals surface area contributed by atoms with Crippen LogP contribution in [0, 0.1) is 0 Å². The summed E-state index contributed by atoms with van der Waals surface area (Å²) >= 11 is 0. The van der Waals surface area contributed by atoms with Gasteiger partial charge in [0.1, 0.15) is 12.7 Å². The van der Waals surface area contributed by atoms with E-state index >= 15 is 0 Å². The summed E-state index contributed by atoms with van der Waals surface area (Å²) in [6, 6.07) is 0. The molecule has 0 aromatic heterocycles. The smallest absolute Gasteiger partial charge is 0.756 e. The fourth-order valence-electron chi connectivity index (χ4n) is 5.52. The molecule has 0 radical (unpaired) electrons. The zero-order chi connectivity index (χ0) is 40.8. The average Bonchev–Trinajstić information content (AvgIpc) is 3.09. The average molecular weight is 750 g/mol. The van der Waals surface area contributed by atoms with Crippen LogP contribution in [0.15, 0.2) is 0 Å². The van der Waals surface area contributed by atoms with E-state index in [4.69, 9.17) is 16.3 Å². The van der Waals surface area contributed by atoms with E-state index in [-0.39, 0.29) is 42.4 Å². The predicted octanol–water partition coefficient (Wildman–Crippen LogP) is 6.26. The third-order valence-corrected chi connectivity index (χ3v) is 9.26. The maximum atomic E-state index is 12.6. The van der Waals surface area contributed by atoms with Gasteiger partial charge in [-0.05, 0) is 12.8 Å². The van der Waals surface area contributed by atoms with E-state index in [0.29, 0.717) is 12.8 Å². The minimum Gasteiger partial charge on any atom is -0.756 e. The Bertz CT molecular complexity index is 1010. The van der Waals surface area contributed by atoms with Gasteiger partial charge in [0.15, 0.2) is 6.10 Å². The molecule has 3 atom stereocenters. The van der Waals surface area contributed by atoms with Crippen LogP contribution in [0.1, 0.15) is 200 Å². The molecule has 0 aromatic carbocycles. The van der Waals surface area contributed by atoms with Crippen molar-refractivity contribution >= 4 is 19.8 Å². The molecule has 0 aromatic rings. The van der Waals surface area contributed by atoms with Crippen LogP contribution in [0.4, 0.5) is 0 Å². The van der Waals surface area contributed by atoms with Gasteiger partial charge in [0.25, 0.3) is 7.82 Å². The second-order valence-electron chi connectivity index (χ2n) is 13.2. The van der Waals surface area contributed by atoms with Crippen molar-refractivity contribution in [3.63, 3.8) is 0 Å². The Balaban J connectivity index is 0. The number of ether oxygens (including phenoxy) is 2. The van der Waals surface area contributed by atoms with Crippen molar-refractivity contribution < 1.29 is 84.2 Å². The molecule has 0 aliphatic rings. The van der Waals surface area contributed by atoms with E-state index in [1.54, 1.807) is 0 Å². The van der Waals surface area contributed by atoms with E-state index in [2.05, 4.69) is 22.9 Å². The number of carbonyl (C=O) groups is 2. The first-order valence-electron chi connectivity index (χ1n) is 21.9. The summed E-state index contributed by atoms with van der Waals surface area (Å²) in [6.07, 6.45) is 24.3. The molecule has 2 N–H and O–H groups in total. The number of unbranched alkanes of at least 4 members (excludes halogenated alkanes) is 24. The van der Waals surface area contributed by atoms with Gasteiger partial charge in [-0.25, -0.2) is 0 Å². The fourth-order valence-corrected chi connectivity index (χ4v) is 6.12. The van der Waals surface area contributed by atoms with Crippen LogP contribution >= 0.6 is 7.82 Å². The molecule has 0 saturated carbocycles. The van der Waals surface area contributed by atoms with Gasteiger partial charge >= 0.3 is 41.5 Å².